The van der Waals surface area contributed by atoms with Crippen LogP contribution in [-0.2, 0) is 22.9 Å². The van der Waals surface area contributed by atoms with E-state index in [1.54, 1.807) is 30.2 Å². The minimum Gasteiger partial charge on any atom is -0.417 e. The number of ether oxygens (including phenoxy) is 1. The van der Waals surface area contributed by atoms with Crippen molar-refractivity contribution in [1.29, 1.82) is 0 Å². The molecule has 0 amide bonds. The van der Waals surface area contributed by atoms with Crippen LogP contribution in [0.4, 0.5) is 17.5 Å². The van der Waals surface area contributed by atoms with Gasteiger partial charge in [0.2, 0.25) is 0 Å². The Bertz CT molecular complexity index is 1750. The maximum Gasteiger partial charge on any atom is 0.277 e. The molecule has 1 saturated heterocycles. The van der Waals surface area contributed by atoms with Gasteiger partial charge in [-0.2, -0.15) is 5.10 Å². The maximum atomic E-state index is 13.1. The van der Waals surface area contributed by atoms with Crippen LogP contribution in [0.2, 0.25) is 43.8 Å². The Morgan fingerprint density at radius 3 is 2.47 bits per heavy atom. The van der Waals surface area contributed by atoms with Crippen LogP contribution in [0.5, 0.6) is 0 Å². The lowest BCUT2D eigenvalue weighted by atomic mass is 10.2. The highest BCUT2D eigenvalue weighted by atomic mass is 28.4. The summed E-state index contributed by atoms with van der Waals surface area (Å²) in [5.74, 6) is 2.52. The van der Waals surface area contributed by atoms with Crippen molar-refractivity contribution in [2.24, 2.45) is 7.05 Å². The summed E-state index contributed by atoms with van der Waals surface area (Å²) in [6, 6.07) is 5.01. The summed E-state index contributed by atoms with van der Waals surface area (Å²) in [5.41, 5.74) is 1.25. The van der Waals surface area contributed by atoms with Gasteiger partial charge in [0.05, 0.1) is 16.9 Å². The molecule has 0 saturated carbocycles. The lowest BCUT2D eigenvalue weighted by Gasteiger charge is -2.36. The average Bonchev–Trinajstić information content (AvgIpc) is 3.46. The Hall–Kier alpha value is -3.34. The van der Waals surface area contributed by atoms with Crippen molar-refractivity contribution in [1.82, 2.24) is 34.1 Å². The monoisotopic (exact) mass is 679 g/mol. The third kappa shape index (κ3) is 8.04. The van der Waals surface area contributed by atoms with Crippen LogP contribution in [0.25, 0.3) is 22.3 Å². The number of aromatic nitrogens is 7. The van der Waals surface area contributed by atoms with Gasteiger partial charge >= 0.3 is 0 Å². The second-order valence-corrected chi connectivity index (χ2v) is 25.9. The molecule has 5 heterocycles. The third-order valence-electron chi connectivity index (χ3n) is 9.51. The van der Waals surface area contributed by atoms with Crippen molar-refractivity contribution in [2.45, 2.75) is 97.1 Å². The molecule has 47 heavy (non-hydrogen) atoms. The smallest absolute Gasteiger partial charge is 0.277 e. The van der Waals surface area contributed by atoms with Crippen molar-refractivity contribution in [3.8, 4) is 11.4 Å². The van der Waals surface area contributed by atoms with Gasteiger partial charge in [0.15, 0.2) is 20.0 Å². The molecule has 12 nitrogen and oxygen atoms in total. The van der Waals surface area contributed by atoms with Crippen LogP contribution >= 0.6 is 0 Å². The van der Waals surface area contributed by atoms with E-state index in [1.165, 1.54) is 11.1 Å². The molecule has 5 rings (SSSR count). The van der Waals surface area contributed by atoms with E-state index in [0.29, 0.717) is 43.0 Å². The van der Waals surface area contributed by atoms with Crippen molar-refractivity contribution in [3.63, 3.8) is 0 Å². The molecular formula is C33H53N9O3Si2. The topological polar surface area (TPSA) is 117 Å². The first-order valence-corrected chi connectivity index (χ1v) is 23.4. The highest BCUT2D eigenvalue weighted by molar-refractivity contribution is 6.76. The zero-order valence-corrected chi connectivity index (χ0v) is 31.9. The average molecular weight is 680 g/mol. The second-order valence-electron chi connectivity index (χ2n) is 15.5. The molecule has 1 aliphatic rings. The van der Waals surface area contributed by atoms with E-state index in [1.807, 2.05) is 12.3 Å². The standard InChI is InChI=1S/C33H53N9O3Si2/c1-24(13-17-45-47(9,10)33(2,3)4)42-27-20-29(35-21-25(27)31(38-42)40-15-11-16-40)36-28-12-14-34-30(37-28)26-22-41(39(5)32(26)43)23-44-18-19-46(6,7)8/h12,14,20-22,24H,11,13,15-19,23H2,1-10H3,(H,34,35,36,37). The fraction of sp³-hybridized carbons (Fsp3) is 0.606. The molecule has 0 aliphatic carbocycles. The van der Waals surface area contributed by atoms with Crippen LogP contribution in [0.1, 0.15) is 46.6 Å². The molecule has 1 fully saturated rings. The van der Waals surface area contributed by atoms with Gasteiger partial charge in [-0.25, -0.2) is 15.0 Å². The summed E-state index contributed by atoms with van der Waals surface area (Å²) in [4.78, 5) is 29.3. The molecule has 1 N–H and O–H groups in total. The molecule has 1 unspecified atom stereocenters. The van der Waals surface area contributed by atoms with Gasteiger partial charge in [-0.15, -0.1) is 0 Å². The Kier molecular flexibility index (Phi) is 10.2. The molecule has 0 spiro atoms. The van der Waals surface area contributed by atoms with Gasteiger partial charge < -0.3 is 19.4 Å². The molecule has 4 aromatic rings. The Morgan fingerprint density at radius 2 is 1.81 bits per heavy atom. The molecular weight excluding hydrogens is 627 g/mol. The number of anilines is 3. The lowest BCUT2D eigenvalue weighted by Crippen LogP contribution is -2.41. The zero-order chi connectivity index (χ0) is 34.1. The fourth-order valence-corrected chi connectivity index (χ4v) is 6.91. The molecule has 4 aromatic heterocycles. The van der Waals surface area contributed by atoms with Crippen molar-refractivity contribution < 1.29 is 9.16 Å². The number of hydrogen-bond acceptors (Lipinski definition) is 9. The summed E-state index contributed by atoms with van der Waals surface area (Å²) < 4.78 is 17.8. The number of hydrogen-bond donors (Lipinski definition) is 1. The Labute approximate surface area is 280 Å². The second kappa shape index (κ2) is 13.6. The Morgan fingerprint density at radius 1 is 1.06 bits per heavy atom. The van der Waals surface area contributed by atoms with Crippen LogP contribution in [0.15, 0.2) is 35.5 Å². The van der Waals surface area contributed by atoms with Gasteiger partial charge in [0, 0.05) is 66.1 Å². The van der Waals surface area contributed by atoms with E-state index in [2.05, 4.69) is 80.3 Å². The van der Waals surface area contributed by atoms with E-state index in [4.69, 9.17) is 24.2 Å². The number of pyridine rings is 1. The first-order valence-electron chi connectivity index (χ1n) is 16.8. The minimum atomic E-state index is -1.83. The lowest BCUT2D eigenvalue weighted by molar-refractivity contribution is 0.0703. The molecule has 1 aliphatic heterocycles. The van der Waals surface area contributed by atoms with Gasteiger partial charge in [-0.1, -0.05) is 40.4 Å². The van der Waals surface area contributed by atoms with E-state index in [0.717, 1.165) is 42.3 Å². The molecule has 1 atom stereocenters. The number of nitrogens with zero attached hydrogens (tertiary/aromatic N) is 8. The number of fused-ring (bicyclic) bond motifs is 1. The maximum absolute atomic E-state index is 13.1. The van der Waals surface area contributed by atoms with E-state index in [9.17, 15) is 4.79 Å². The molecule has 256 valence electrons. The van der Waals surface area contributed by atoms with Crippen molar-refractivity contribution >= 4 is 44.7 Å². The van der Waals surface area contributed by atoms with Crippen molar-refractivity contribution in [2.75, 3.05) is 36.5 Å². The van der Waals surface area contributed by atoms with Crippen LogP contribution < -0.4 is 15.8 Å². The van der Waals surface area contributed by atoms with E-state index < -0.39 is 16.4 Å². The first kappa shape index (κ1) is 35.0. The number of rotatable bonds is 14. The summed E-state index contributed by atoms with van der Waals surface area (Å²) in [6.45, 7) is 24.2. The minimum absolute atomic E-state index is 0.137. The quantitative estimate of drug-likeness (QED) is 0.116. The molecule has 0 aromatic carbocycles. The van der Waals surface area contributed by atoms with E-state index >= 15 is 0 Å². The third-order valence-corrected chi connectivity index (χ3v) is 15.8. The van der Waals surface area contributed by atoms with Crippen LogP contribution in [0, 0.1) is 0 Å². The Balaban J connectivity index is 1.35. The van der Waals surface area contributed by atoms with Gasteiger partial charge in [0.25, 0.3) is 5.56 Å². The summed E-state index contributed by atoms with van der Waals surface area (Å²) in [6.07, 6.45) is 7.34. The highest BCUT2D eigenvalue weighted by Gasteiger charge is 2.37. The SMILES string of the molecule is CC(CCO[Si](C)(C)C(C)(C)C)n1nc(N2CCC2)c2cnc(Nc3ccnc(-c4cn(COCC[Si](C)(C)C)n(C)c4=O)n3)cc21. The zero-order valence-electron chi connectivity index (χ0n) is 29.9. The largest absolute Gasteiger partial charge is 0.417 e. The highest BCUT2D eigenvalue weighted by Crippen LogP contribution is 2.37. The summed E-state index contributed by atoms with van der Waals surface area (Å²) in [5, 5.41) is 9.64. The van der Waals surface area contributed by atoms with Gasteiger partial charge in [-0.3, -0.25) is 18.8 Å². The normalized spacial score (nSPS) is 14.9. The van der Waals surface area contributed by atoms with Crippen LogP contribution in [-0.4, -0.2) is 76.8 Å². The fourth-order valence-electron chi connectivity index (χ4n) is 5.09. The molecule has 14 heteroatoms. The van der Waals surface area contributed by atoms with Crippen LogP contribution in [0.3, 0.4) is 0 Å². The summed E-state index contributed by atoms with van der Waals surface area (Å²) in [7, 11) is -1.30. The summed E-state index contributed by atoms with van der Waals surface area (Å²) >= 11 is 0. The number of nitrogens with one attached hydrogen (secondary N) is 1. The molecule has 0 bridgehead atoms. The predicted molar refractivity (Wildman–Crippen MR) is 195 cm³/mol. The predicted octanol–water partition coefficient (Wildman–Crippen LogP) is 6.63. The van der Waals surface area contributed by atoms with Crippen molar-refractivity contribution in [3.05, 3.63) is 41.1 Å². The first-order chi connectivity index (χ1) is 22.0. The van der Waals surface area contributed by atoms with Gasteiger partial charge in [-0.05, 0) is 50.0 Å². The van der Waals surface area contributed by atoms with E-state index in [-0.39, 0.29) is 16.6 Å². The molecule has 0 radical (unpaired) electrons. The van der Waals surface area contributed by atoms with Gasteiger partial charge in [0.1, 0.15) is 23.9 Å².